The third-order valence-electron chi connectivity index (χ3n) is 4.33. The zero-order chi connectivity index (χ0) is 15.3. The second-order valence-corrected chi connectivity index (χ2v) is 5.76. The fourth-order valence-electron chi connectivity index (χ4n) is 2.73. The molecule has 0 saturated heterocycles. The van der Waals surface area contributed by atoms with Crippen molar-refractivity contribution in [2.75, 3.05) is 13.1 Å². The normalized spacial score (nSPS) is 16.2. The van der Waals surface area contributed by atoms with Gasteiger partial charge in [0.15, 0.2) is 0 Å². The molecule has 2 atom stereocenters. The molecule has 0 aliphatic heterocycles. The molecule has 4 heteroatoms. The van der Waals surface area contributed by atoms with Crippen LogP contribution in [0, 0.1) is 5.82 Å². The van der Waals surface area contributed by atoms with Crippen molar-refractivity contribution in [3.63, 3.8) is 0 Å². The number of aliphatic hydroxyl groups is 1. The Morgan fingerprint density at radius 2 is 1.90 bits per heavy atom. The van der Waals surface area contributed by atoms with Gasteiger partial charge in [-0.25, -0.2) is 4.39 Å². The summed E-state index contributed by atoms with van der Waals surface area (Å²) >= 11 is 5.68. The van der Waals surface area contributed by atoms with E-state index in [1.165, 1.54) is 6.07 Å². The minimum Gasteiger partial charge on any atom is -0.391 e. The van der Waals surface area contributed by atoms with Crippen molar-refractivity contribution in [3.8, 4) is 0 Å². The highest BCUT2D eigenvalue weighted by molar-refractivity contribution is 6.30. The minimum atomic E-state index is -0.548. The molecule has 0 amide bonds. The second-order valence-electron chi connectivity index (χ2n) is 5.35. The number of halogens is 2. The summed E-state index contributed by atoms with van der Waals surface area (Å²) in [5, 5.41) is 10.7. The van der Waals surface area contributed by atoms with Gasteiger partial charge in [0.2, 0.25) is 0 Å². The van der Waals surface area contributed by atoms with Crippen LogP contribution in [0.4, 0.5) is 4.39 Å². The Labute approximate surface area is 126 Å². The smallest absolute Gasteiger partial charge is 0.142 e. The van der Waals surface area contributed by atoms with Gasteiger partial charge in [-0.1, -0.05) is 38.4 Å². The lowest BCUT2D eigenvalue weighted by Crippen LogP contribution is -2.54. The molecule has 0 spiro atoms. The van der Waals surface area contributed by atoms with E-state index in [1.807, 2.05) is 0 Å². The number of likely N-dealkylation sites (N-methyl/N-ethyl adjacent to an activating group) is 1. The molecule has 0 heterocycles. The van der Waals surface area contributed by atoms with Gasteiger partial charge in [0, 0.05) is 12.0 Å². The van der Waals surface area contributed by atoms with E-state index in [2.05, 4.69) is 32.6 Å². The predicted octanol–water partition coefficient (Wildman–Crippen LogP) is 3.89. The Balaban J connectivity index is 2.91. The zero-order valence-electron chi connectivity index (χ0n) is 12.8. The molecule has 0 aliphatic carbocycles. The minimum absolute atomic E-state index is 0.116. The molecule has 0 bridgehead atoms. The first-order valence-electron chi connectivity index (χ1n) is 7.26. The summed E-state index contributed by atoms with van der Waals surface area (Å²) in [6, 6.07) is 4.72. The van der Waals surface area contributed by atoms with Gasteiger partial charge in [-0.2, -0.15) is 0 Å². The van der Waals surface area contributed by atoms with Crippen LogP contribution >= 0.6 is 11.6 Å². The van der Waals surface area contributed by atoms with Crippen LogP contribution in [-0.2, 0) is 6.42 Å². The maximum atomic E-state index is 13.5. The van der Waals surface area contributed by atoms with Gasteiger partial charge in [-0.15, -0.1) is 0 Å². The van der Waals surface area contributed by atoms with Crippen LogP contribution in [-0.4, -0.2) is 34.7 Å². The zero-order valence-corrected chi connectivity index (χ0v) is 13.5. The largest absolute Gasteiger partial charge is 0.391 e. The summed E-state index contributed by atoms with van der Waals surface area (Å²) in [4.78, 5) is 2.25. The Hall–Kier alpha value is -0.640. The van der Waals surface area contributed by atoms with Crippen LogP contribution < -0.4 is 0 Å². The summed E-state index contributed by atoms with van der Waals surface area (Å²) in [5.74, 6) is -0.433. The maximum absolute atomic E-state index is 13.5. The van der Waals surface area contributed by atoms with Gasteiger partial charge in [-0.05, 0) is 44.1 Å². The number of rotatable bonds is 7. The van der Waals surface area contributed by atoms with E-state index < -0.39 is 11.9 Å². The summed E-state index contributed by atoms with van der Waals surface area (Å²) in [6.07, 6.45) is 0.717. The average Bonchev–Trinajstić information content (AvgIpc) is 2.43. The van der Waals surface area contributed by atoms with Crippen molar-refractivity contribution in [2.45, 2.75) is 52.2 Å². The quantitative estimate of drug-likeness (QED) is 0.826. The van der Waals surface area contributed by atoms with E-state index in [9.17, 15) is 9.50 Å². The standard InChI is InChI=1S/C16H25ClFNO/c1-5-16(4,19(6-2)7-3)15(20)11-12-8-9-13(17)14(18)10-12/h8-10,15,20H,5-7,11H2,1-4H3. The van der Waals surface area contributed by atoms with Crippen molar-refractivity contribution in [1.29, 1.82) is 0 Å². The molecule has 114 valence electrons. The van der Waals surface area contributed by atoms with E-state index in [0.717, 1.165) is 25.1 Å². The van der Waals surface area contributed by atoms with Gasteiger partial charge in [-0.3, -0.25) is 4.90 Å². The third-order valence-corrected chi connectivity index (χ3v) is 4.64. The van der Waals surface area contributed by atoms with Gasteiger partial charge in [0.05, 0.1) is 11.1 Å². The molecule has 1 aromatic rings. The molecule has 0 aliphatic rings. The van der Waals surface area contributed by atoms with Crippen LogP contribution in [0.1, 0.15) is 39.7 Å². The highest BCUT2D eigenvalue weighted by atomic mass is 35.5. The van der Waals surface area contributed by atoms with Crippen molar-refractivity contribution < 1.29 is 9.50 Å². The molecule has 1 N–H and O–H groups in total. The monoisotopic (exact) mass is 301 g/mol. The van der Waals surface area contributed by atoms with Gasteiger partial charge in [0.25, 0.3) is 0 Å². The first-order chi connectivity index (χ1) is 9.38. The number of benzene rings is 1. The molecule has 0 saturated carbocycles. The molecule has 1 aromatic carbocycles. The Bertz CT molecular complexity index is 436. The molecule has 1 rings (SSSR count). The number of nitrogens with zero attached hydrogens (tertiary/aromatic N) is 1. The Morgan fingerprint density at radius 1 is 1.30 bits per heavy atom. The fraction of sp³-hybridized carbons (Fsp3) is 0.625. The number of hydrogen-bond donors (Lipinski definition) is 1. The van der Waals surface area contributed by atoms with Crippen molar-refractivity contribution in [3.05, 3.63) is 34.6 Å². The van der Waals surface area contributed by atoms with Crippen molar-refractivity contribution in [1.82, 2.24) is 4.90 Å². The van der Waals surface area contributed by atoms with Crippen LogP contribution in [0.3, 0.4) is 0 Å². The van der Waals surface area contributed by atoms with Crippen molar-refractivity contribution >= 4 is 11.6 Å². The highest BCUT2D eigenvalue weighted by Crippen LogP contribution is 2.27. The van der Waals surface area contributed by atoms with Gasteiger partial charge in [0.1, 0.15) is 5.82 Å². The molecule has 20 heavy (non-hydrogen) atoms. The second kappa shape index (κ2) is 7.39. The average molecular weight is 302 g/mol. The molecular weight excluding hydrogens is 277 g/mol. The van der Waals surface area contributed by atoms with Crippen LogP contribution in [0.2, 0.25) is 5.02 Å². The summed E-state index contributed by atoms with van der Waals surface area (Å²) < 4.78 is 13.5. The number of aliphatic hydroxyl groups excluding tert-OH is 1. The SMILES string of the molecule is CCN(CC)C(C)(CC)C(O)Cc1ccc(Cl)c(F)c1. The van der Waals surface area contributed by atoms with Crippen LogP contribution in [0.25, 0.3) is 0 Å². The molecule has 0 aromatic heterocycles. The van der Waals surface area contributed by atoms with Crippen LogP contribution in [0.15, 0.2) is 18.2 Å². The van der Waals surface area contributed by atoms with E-state index in [4.69, 9.17) is 11.6 Å². The van der Waals surface area contributed by atoms with Gasteiger partial charge >= 0.3 is 0 Å². The molecule has 0 fully saturated rings. The summed E-state index contributed by atoms with van der Waals surface area (Å²) in [5.41, 5.74) is 0.464. The van der Waals surface area contributed by atoms with Gasteiger partial charge < -0.3 is 5.11 Å². The molecule has 0 radical (unpaired) electrons. The predicted molar refractivity (Wildman–Crippen MR) is 82.7 cm³/mol. The van der Waals surface area contributed by atoms with E-state index in [1.54, 1.807) is 12.1 Å². The molecule has 2 unspecified atom stereocenters. The van der Waals surface area contributed by atoms with E-state index in [-0.39, 0.29) is 10.6 Å². The Morgan fingerprint density at radius 3 is 2.35 bits per heavy atom. The first kappa shape index (κ1) is 17.4. The fourth-order valence-corrected chi connectivity index (χ4v) is 2.84. The van der Waals surface area contributed by atoms with Crippen LogP contribution in [0.5, 0.6) is 0 Å². The van der Waals surface area contributed by atoms with E-state index in [0.29, 0.717) is 6.42 Å². The highest BCUT2D eigenvalue weighted by Gasteiger charge is 2.35. The first-order valence-corrected chi connectivity index (χ1v) is 7.63. The summed E-state index contributed by atoms with van der Waals surface area (Å²) in [7, 11) is 0. The lowest BCUT2D eigenvalue weighted by atomic mass is 9.85. The van der Waals surface area contributed by atoms with E-state index >= 15 is 0 Å². The summed E-state index contributed by atoms with van der Waals surface area (Å²) in [6.45, 7) is 10.1. The molecule has 2 nitrogen and oxygen atoms in total. The topological polar surface area (TPSA) is 23.5 Å². The third kappa shape index (κ3) is 3.72. The number of hydrogen-bond acceptors (Lipinski definition) is 2. The Kier molecular flexibility index (Phi) is 6.44. The van der Waals surface area contributed by atoms with Crippen molar-refractivity contribution in [2.24, 2.45) is 0 Å². The lowest BCUT2D eigenvalue weighted by Gasteiger charge is -2.43. The molecular formula is C16H25ClFNO. The lowest BCUT2D eigenvalue weighted by molar-refractivity contribution is -0.0190. The maximum Gasteiger partial charge on any atom is 0.142 e.